The zero-order valence-electron chi connectivity index (χ0n) is 15.8. The maximum absolute atomic E-state index is 12.1. The zero-order valence-corrected chi connectivity index (χ0v) is 15.8. The highest BCUT2D eigenvalue weighted by molar-refractivity contribution is 5.91. The van der Waals surface area contributed by atoms with Gasteiger partial charge in [0.05, 0.1) is 30.7 Å². The summed E-state index contributed by atoms with van der Waals surface area (Å²) in [5.74, 6) is -1.06. The highest BCUT2D eigenvalue weighted by Gasteiger charge is 2.20. The van der Waals surface area contributed by atoms with Gasteiger partial charge in [0.25, 0.3) is 5.69 Å². The molecule has 28 heavy (non-hydrogen) atoms. The first-order chi connectivity index (χ1) is 13.4. The first-order valence-corrected chi connectivity index (χ1v) is 8.72. The number of ether oxygens (including phenoxy) is 2. The normalized spacial score (nSPS) is 10.5. The molecule has 0 atom stereocenters. The van der Waals surface area contributed by atoms with Gasteiger partial charge in [-0.15, -0.1) is 0 Å². The SMILES string of the molecule is CCOC(=O)CN(Cc1ccccc1)Cc1ccc([N+](=O)[O-])cc1C(=O)OC. The number of hydrogen-bond donors (Lipinski definition) is 0. The van der Waals surface area contributed by atoms with Crippen molar-refractivity contribution in [2.45, 2.75) is 20.0 Å². The van der Waals surface area contributed by atoms with Gasteiger partial charge in [-0.05, 0) is 18.1 Å². The van der Waals surface area contributed by atoms with E-state index in [-0.39, 0.29) is 36.9 Å². The number of nitro groups is 1. The van der Waals surface area contributed by atoms with E-state index in [2.05, 4.69) is 0 Å². The van der Waals surface area contributed by atoms with Crippen LogP contribution >= 0.6 is 0 Å². The Morgan fingerprint density at radius 1 is 1.11 bits per heavy atom. The topological polar surface area (TPSA) is 99.0 Å². The van der Waals surface area contributed by atoms with Gasteiger partial charge in [0.2, 0.25) is 0 Å². The molecule has 2 aromatic rings. The number of esters is 2. The lowest BCUT2D eigenvalue weighted by atomic mass is 10.1. The molecule has 0 amide bonds. The van der Waals surface area contributed by atoms with Crippen LogP contribution in [0.2, 0.25) is 0 Å². The van der Waals surface area contributed by atoms with Crippen LogP contribution in [0.25, 0.3) is 0 Å². The van der Waals surface area contributed by atoms with E-state index in [0.717, 1.165) is 5.56 Å². The van der Waals surface area contributed by atoms with Gasteiger partial charge in [-0.1, -0.05) is 36.4 Å². The lowest BCUT2D eigenvalue weighted by molar-refractivity contribution is -0.384. The van der Waals surface area contributed by atoms with E-state index in [1.807, 2.05) is 30.3 Å². The summed E-state index contributed by atoms with van der Waals surface area (Å²) in [6.45, 7) is 2.67. The second kappa shape index (κ2) is 10.2. The summed E-state index contributed by atoms with van der Waals surface area (Å²) >= 11 is 0. The highest BCUT2D eigenvalue weighted by atomic mass is 16.6. The van der Waals surface area contributed by atoms with E-state index in [0.29, 0.717) is 12.1 Å². The number of nitro benzene ring substituents is 1. The van der Waals surface area contributed by atoms with E-state index < -0.39 is 10.9 Å². The fourth-order valence-electron chi connectivity index (χ4n) is 2.76. The Morgan fingerprint density at radius 2 is 1.82 bits per heavy atom. The van der Waals surface area contributed by atoms with Gasteiger partial charge in [0.15, 0.2) is 0 Å². The van der Waals surface area contributed by atoms with Crippen LogP contribution < -0.4 is 0 Å². The van der Waals surface area contributed by atoms with E-state index in [4.69, 9.17) is 9.47 Å². The van der Waals surface area contributed by atoms with Crippen LogP contribution in [-0.2, 0) is 27.4 Å². The van der Waals surface area contributed by atoms with Crippen LogP contribution in [-0.4, -0.2) is 42.0 Å². The molecule has 0 saturated heterocycles. The Hall–Kier alpha value is -3.26. The fraction of sp³-hybridized carbons (Fsp3) is 0.300. The summed E-state index contributed by atoms with van der Waals surface area (Å²) in [6, 6.07) is 13.6. The third-order valence-electron chi connectivity index (χ3n) is 4.01. The minimum absolute atomic E-state index is 0.0142. The Bertz CT molecular complexity index is 838. The molecule has 2 aromatic carbocycles. The standard InChI is InChI=1S/C20H22N2O6/c1-3-28-19(23)14-21(12-15-7-5-4-6-8-15)13-16-9-10-17(22(25)26)11-18(16)20(24)27-2/h4-11H,3,12-14H2,1-2H3. The molecule has 2 rings (SSSR count). The molecule has 0 bridgehead atoms. The predicted octanol–water partition coefficient (Wildman–Crippen LogP) is 2.95. The van der Waals surface area contributed by atoms with Gasteiger partial charge in [0.1, 0.15) is 0 Å². The molecule has 0 N–H and O–H groups in total. The van der Waals surface area contributed by atoms with Crippen LogP contribution in [0.5, 0.6) is 0 Å². The van der Waals surface area contributed by atoms with Crippen molar-refractivity contribution in [3.63, 3.8) is 0 Å². The number of non-ortho nitro benzene ring substituents is 1. The summed E-state index contributed by atoms with van der Waals surface area (Å²) in [6.07, 6.45) is 0. The molecule has 0 fully saturated rings. The molecule has 0 aliphatic rings. The molecule has 0 aromatic heterocycles. The van der Waals surface area contributed by atoms with Crippen molar-refractivity contribution in [3.05, 3.63) is 75.3 Å². The van der Waals surface area contributed by atoms with Crippen molar-refractivity contribution >= 4 is 17.6 Å². The molecule has 0 unspecified atom stereocenters. The van der Waals surface area contributed by atoms with Crippen molar-refractivity contribution in [1.29, 1.82) is 0 Å². The van der Waals surface area contributed by atoms with Crippen LogP contribution in [0.1, 0.15) is 28.4 Å². The minimum Gasteiger partial charge on any atom is -0.465 e. The van der Waals surface area contributed by atoms with Gasteiger partial charge < -0.3 is 9.47 Å². The maximum atomic E-state index is 12.1. The molecule has 0 aliphatic heterocycles. The molecule has 0 spiro atoms. The quantitative estimate of drug-likeness (QED) is 0.371. The van der Waals surface area contributed by atoms with E-state index in [9.17, 15) is 19.7 Å². The van der Waals surface area contributed by atoms with Crippen molar-refractivity contribution < 1.29 is 24.0 Å². The number of carbonyl (C=O) groups is 2. The third-order valence-corrected chi connectivity index (χ3v) is 4.01. The van der Waals surface area contributed by atoms with Crippen molar-refractivity contribution in [3.8, 4) is 0 Å². The monoisotopic (exact) mass is 386 g/mol. The van der Waals surface area contributed by atoms with Crippen LogP contribution in [0, 0.1) is 10.1 Å². The van der Waals surface area contributed by atoms with E-state index in [1.165, 1.54) is 25.3 Å². The Morgan fingerprint density at radius 3 is 2.43 bits per heavy atom. The first-order valence-electron chi connectivity index (χ1n) is 8.72. The summed E-state index contributed by atoms with van der Waals surface area (Å²) in [5.41, 5.74) is 1.40. The molecular weight excluding hydrogens is 364 g/mol. The molecule has 0 radical (unpaired) electrons. The molecule has 8 heteroatoms. The van der Waals surface area contributed by atoms with Crippen molar-refractivity contribution in [1.82, 2.24) is 4.90 Å². The van der Waals surface area contributed by atoms with Crippen LogP contribution in [0.15, 0.2) is 48.5 Å². The van der Waals surface area contributed by atoms with Crippen LogP contribution in [0.3, 0.4) is 0 Å². The summed E-state index contributed by atoms with van der Waals surface area (Å²) < 4.78 is 9.80. The number of rotatable bonds is 9. The number of carbonyl (C=O) groups excluding carboxylic acids is 2. The second-order valence-electron chi connectivity index (χ2n) is 6.03. The molecule has 0 heterocycles. The van der Waals surface area contributed by atoms with Gasteiger partial charge in [-0.2, -0.15) is 0 Å². The summed E-state index contributed by atoms with van der Waals surface area (Å²) in [5, 5.41) is 11.0. The van der Waals surface area contributed by atoms with Gasteiger partial charge in [-0.25, -0.2) is 4.79 Å². The minimum atomic E-state index is -0.672. The second-order valence-corrected chi connectivity index (χ2v) is 6.03. The lowest BCUT2D eigenvalue weighted by Crippen LogP contribution is -2.31. The fourth-order valence-corrected chi connectivity index (χ4v) is 2.76. The zero-order chi connectivity index (χ0) is 20.5. The molecular formula is C20H22N2O6. The molecule has 8 nitrogen and oxygen atoms in total. The average molecular weight is 386 g/mol. The van der Waals surface area contributed by atoms with Crippen molar-refractivity contribution in [2.24, 2.45) is 0 Å². The Balaban J connectivity index is 2.32. The van der Waals surface area contributed by atoms with Crippen molar-refractivity contribution in [2.75, 3.05) is 20.3 Å². The summed E-state index contributed by atoms with van der Waals surface area (Å²) in [4.78, 5) is 36.4. The molecule has 148 valence electrons. The molecule has 0 saturated carbocycles. The Labute approximate surface area is 162 Å². The predicted molar refractivity (Wildman–Crippen MR) is 102 cm³/mol. The highest BCUT2D eigenvalue weighted by Crippen LogP contribution is 2.21. The van der Waals surface area contributed by atoms with Gasteiger partial charge >= 0.3 is 11.9 Å². The largest absolute Gasteiger partial charge is 0.465 e. The first kappa shape index (κ1) is 21.0. The van der Waals surface area contributed by atoms with Gasteiger partial charge in [-0.3, -0.25) is 19.8 Å². The third kappa shape index (κ3) is 5.88. The van der Waals surface area contributed by atoms with E-state index in [1.54, 1.807) is 11.8 Å². The smallest absolute Gasteiger partial charge is 0.338 e. The number of hydrogen-bond acceptors (Lipinski definition) is 7. The van der Waals surface area contributed by atoms with Gasteiger partial charge in [0, 0.05) is 25.2 Å². The number of benzene rings is 2. The number of nitrogens with zero attached hydrogens (tertiary/aromatic N) is 2. The van der Waals surface area contributed by atoms with E-state index >= 15 is 0 Å². The lowest BCUT2D eigenvalue weighted by Gasteiger charge is -2.22. The molecule has 0 aliphatic carbocycles. The van der Waals surface area contributed by atoms with Crippen LogP contribution in [0.4, 0.5) is 5.69 Å². The Kier molecular flexibility index (Phi) is 7.65. The maximum Gasteiger partial charge on any atom is 0.338 e. The average Bonchev–Trinajstić information content (AvgIpc) is 2.68. The summed E-state index contributed by atoms with van der Waals surface area (Å²) in [7, 11) is 1.21. The number of methoxy groups -OCH3 is 1.